The number of urea groups is 1. The zero-order valence-electron chi connectivity index (χ0n) is 20.9. The number of rotatable bonds is 7. The third kappa shape index (κ3) is 7.31. The number of carbonyl (C=O) groups is 3. The van der Waals surface area contributed by atoms with Gasteiger partial charge in [0.25, 0.3) is 5.91 Å². The number of anilines is 1. The van der Waals surface area contributed by atoms with Gasteiger partial charge in [0.15, 0.2) is 0 Å². The van der Waals surface area contributed by atoms with E-state index in [2.05, 4.69) is 27.7 Å². The Bertz CT molecular complexity index is 1050. The summed E-state index contributed by atoms with van der Waals surface area (Å²) < 4.78 is 0. The van der Waals surface area contributed by atoms with Gasteiger partial charge in [0.2, 0.25) is 5.91 Å². The molecule has 4 rings (SSSR count). The van der Waals surface area contributed by atoms with E-state index in [1.807, 2.05) is 17.0 Å². The predicted octanol–water partition coefficient (Wildman–Crippen LogP) is 3.72. The van der Waals surface area contributed by atoms with Crippen LogP contribution in [0.4, 0.5) is 10.5 Å². The fraction of sp³-hybridized carbons (Fsp3) is 0.464. The molecule has 0 aromatic heterocycles. The summed E-state index contributed by atoms with van der Waals surface area (Å²) in [5.41, 5.74) is 8.94. The molecule has 192 valence electrons. The predicted molar refractivity (Wildman–Crippen MR) is 140 cm³/mol. The number of amides is 4. The average molecular weight is 492 g/mol. The Kier molecular flexibility index (Phi) is 8.95. The first kappa shape index (κ1) is 25.7. The molecule has 2 heterocycles. The number of benzene rings is 2. The molecule has 8 heteroatoms. The maximum absolute atomic E-state index is 12.7. The fourth-order valence-corrected chi connectivity index (χ4v) is 5.04. The maximum Gasteiger partial charge on any atom is 0.319 e. The van der Waals surface area contributed by atoms with Crippen LogP contribution in [0.2, 0.25) is 0 Å². The number of hydrogen-bond donors (Lipinski definition) is 3. The molecule has 0 aliphatic carbocycles. The summed E-state index contributed by atoms with van der Waals surface area (Å²) in [6.45, 7) is 4.43. The highest BCUT2D eigenvalue weighted by molar-refractivity contribution is 5.95. The molecule has 4 amide bonds. The van der Waals surface area contributed by atoms with Gasteiger partial charge in [-0.1, -0.05) is 37.1 Å². The van der Waals surface area contributed by atoms with Gasteiger partial charge in [0, 0.05) is 44.0 Å². The van der Waals surface area contributed by atoms with E-state index in [-0.39, 0.29) is 23.8 Å². The van der Waals surface area contributed by atoms with E-state index >= 15 is 0 Å². The van der Waals surface area contributed by atoms with Crippen molar-refractivity contribution in [2.75, 3.05) is 31.5 Å². The Morgan fingerprint density at radius 1 is 0.889 bits per heavy atom. The Labute approximate surface area is 213 Å². The zero-order valence-corrected chi connectivity index (χ0v) is 20.9. The van der Waals surface area contributed by atoms with Crippen LogP contribution >= 0.6 is 0 Å². The molecule has 2 aromatic rings. The minimum atomic E-state index is -0.299. The summed E-state index contributed by atoms with van der Waals surface area (Å²) in [6.07, 6.45) is 6.32. The van der Waals surface area contributed by atoms with Gasteiger partial charge in [0.05, 0.1) is 5.92 Å². The molecular formula is C28H37N5O3. The molecule has 0 saturated carbocycles. The standard InChI is InChI=1S/C28H37N5O3/c29-26(34)24-9-6-14-32(20-24)19-22-8-5-7-21(17-22)18-30-28(36)31-25-12-10-23(11-13-25)27(35)33-15-3-1-2-4-16-33/h5,7-8,10-13,17,24H,1-4,6,9,14-16,18-20H2,(H2,29,34)(H2,30,31,36). The molecule has 2 aliphatic heterocycles. The Morgan fingerprint density at radius 3 is 2.33 bits per heavy atom. The van der Waals surface area contributed by atoms with Crippen molar-refractivity contribution in [3.05, 3.63) is 65.2 Å². The summed E-state index contributed by atoms with van der Waals surface area (Å²) in [5, 5.41) is 5.73. The van der Waals surface area contributed by atoms with Crippen molar-refractivity contribution < 1.29 is 14.4 Å². The van der Waals surface area contributed by atoms with Gasteiger partial charge in [0.1, 0.15) is 0 Å². The Morgan fingerprint density at radius 2 is 1.61 bits per heavy atom. The van der Waals surface area contributed by atoms with E-state index in [4.69, 9.17) is 5.73 Å². The van der Waals surface area contributed by atoms with Crippen LogP contribution in [0, 0.1) is 5.92 Å². The van der Waals surface area contributed by atoms with Gasteiger partial charge in [-0.15, -0.1) is 0 Å². The Balaban J connectivity index is 1.25. The molecule has 2 fully saturated rings. The average Bonchev–Trinajstić information content (AvgIpc) is 3.18. The van der Waals surface area contributed by atoms with Gasteiger partial charge in [-0.2, -0.15) is 0 Å². The van der Waals surface area contributed by atoms with Crippen molar-refractivity contribution in [3.63, 3.8) is 0 Å². The van der Waals surface area contributed by atoms with Crippen molar-refractivity contribution in [1.82, 2.24) is 15.1 Å². The molecule has 36 heavy (non-hydrogen) atoms. The van der Waals surface area contributed by atoms with Crippen LogP contribution in [-0.2, 0) is 17.9 Å². The van der Waals surface area contributed by atoms with E-state index in [1.54, 1.807) is 24.3 Å². The second-order valence-corrected chi connectivity index (χ2v) is 9.89. The van der Waals surface area contributed by atoms with E-state index < -0.39 is 0 Å². The van der Waals surface area contributed by atoms with Crippen LogP contribution in [-0.4, -0.2) is 53.8 Å². The third-order valence-corrected chi connectivity index (χ3v) is 7.04. The van der Waals surface area contributed by atoms with Crippen LogP contribution in [0.25, 0.3) is 0 Å². The lowest BCUT2D eigenvalue weighted by Gasteiger charge is -2.31. The SMILES string of the molecule is NC(=O)C1CCCN(Cc2cccc(CNC(=O)Nc3ccc(C(=O)N4CCCCCC4)cc3)c2)C1. The first-order chi connectivity index (χ1) is 17.5. The molecule has 2 saturated heterocycles. The molecule has 0 bridgehead atoms. The van der Waals surface area contributed by atoms with E-state index in [0.29, 0.717) is 24.3 Å². The van der Waals surface area contributed by atoms with Gasteiger partial charge in [-0.3, -0.25) is 14.5 Å². The summed E-state index contributed by atoms with van der Waals surface area (Å²) in [5.74, 6) is -0.237. The quantitative estimate of drug-likeness (QED) is 0.549. The summed E-state index contributed by atoms with van der Waals surface area (Å²) >= 11 is 0. The van der Waals surface area contributed by atoms with Crippen molar-refractivity contribution in [3.8, 4) is 0 Å². The highest BCUT2D eigenvalue weighted by Gasteiger charge is 2.24. The number of primary amides is 1. The Hall–Kier alpha value is -3.39. The maximum atomic E-state index is 12.7. The minimum absolute atomic E-state index is 0.0579. The smallest absolute Gasteiger partial charge is 0.319 e. The molecule has 1 unspecified atom stereocenters. The molecule has 4 N–H and O–H groups in total. The van der Waals surface area contributed by atoms with Gasteiger partial charge in [-0.05, 0) is 67.6 Å². The number of nitrogens with one attached hydrogen (secondary N) is 2. The van der Waals surface area contributed by atoms with Crippen molar-refractivity contribution in [1.29, 1.82) is 0 Å². The third-order valence-electron chi connectivity index (χ3n) is 7.04. The fourth-order valence-electron chi connectivity index (χ4n) is 5.04. The van der Waals surface area contributed by atoms with Gasteiger partial charge in [-0.25, -0.2) is 4.79 Å². The number of piperidine rings is 1. The largest absolute Gasteiger partial charge is 0.369 e. The van der Waals surface area contributed by atoms with Crippen molar-refractivity contribution in [2.45, 2.75) is 51.6 Å². The highest BCUT2D eigenvalue weighted by atomic mass is 16.2. The molecular weight excluding hydrogens is 454 g/mol. The summed E-state index contributed by atoms with van der Waals surface area (Å²) in [7, 11) is 0. The number of carbonyl (C=O) groups excluding carboxylic acids is 3. The highest BCUT2D eigenvalue weighted by Crippen LogP contribution is 2.19. The number of hydrogen-bond acceptors (Lipinski definition) is 4. The van der Waals surface area contributed by atoms with E-state index in [9.17, 15) is 14.4 Å². The zero-order chi connectivity index (χ0) is 25.3. The molecule has 8 nitrogen and oxygen atoms in total. The first-order valence-electron chi connectivity index (χ1n) is 13.0. The van der Waals surface area contributed by atoms with Crippen LogP contribution in [0.15, 0.2) is 48.5 Å². The molecule has 2 aromatic carbocycles. The van der Waals surface area contributed by atoms with Gasteiger partial charge >= 0.3 is 6.03 Å². The van der Waals surface area contributed by atoms with Crippen molar-refractivity contribution >= 4 is 23.5 Å². The van der Waals surface area contributed by atoms with Crippen molar-refractivity contribution in [2.24, 2.45) is 11.7 Å². The molecule has 0 spiro atoms. The molecule has 2 aliphatic rings. The first-order valence-corrected chi connectivity index (χ1v) is 13.0. The van der Waals surface area contributed by atoms with Gasteiger partial charge < -0.3 is 21.3 Å². The normalized spacial score (nSPS) is 18.8. The number of likely N-dealkylation sites (tertiary alicyclic amines) is 2. The second kappa shape index (κ2) is 12.5. The lowest BCUT2D eigenvalue weighted by Crippen LogP contribution is -2.40. The van der Waals surface area contributed by atoms with E-state index in [0.717, 1.165) is 63.0 Å². The minimum Gasteiger partial charge on any atom is -0.369 e. The topological polar surface area (TPSA) is 108 Å². The lowest BCUT2D eigenvalue weighted by molar-refractivity contribution is -0.123. The second-order valence-electron chi connectivity index (χ2n) is 9.89. The number of nitrogens with two attached hydrogens (primary N) is 1. The van der Waals surface area contributed by atoms with Crippen LogP contribution in [0.1, 0.15) is 60.0 Å². The summed E-state index contributed by atoms with van der Waals surface area (Å²) in [4.78, 5) is 40.9. The van der Waals surface area contributed by atoms with E-state index in [1.165, 1.54) is 12.8 Å². The van der Waals surface area contributed by atoms with Crippen LogP contribution in [0.5, 0.6) is 0 Å². The molecule has 1 atom stereocenters. The monoisotopic (exact) mass is 491 g/mol. The summed E-state index contributed by atoms with van der Waals surface area (Å²) in [6, 6.07) is 14.9. The lowest BCUT2D eigenvalue weighted by atomic mass is 9.97. The molecule has 0 radical (unpaired) electrons. The van der Waals surface area contributed by atoms with Crippen LogP contribution < -0.4 is 16.4 Å². The van der Waals surface area contributed by atoms with Crippen LogP contribution in [0.3, 0.4) is 0 Å². The number of nitrogens with zero attached hydrogens (tertiary/aromatic N) is 2.